The Labute approximate surface area is 201 Å². The first kappa shape index (κ1) is 24.8. The molecule has 174 valence electrons. The molecule has 0 saturated heterocycles. The normalized spacial score (nSPS) is 12.7. The lowest BCUT2D eigenvalue weighted by Gasteiger charge is -2.30. The molecule has 1 unspecified atom stereocenters. The third-order valence-electron chi connectivity index (χ3n) is 5.49. The molecular weight excluding hydrogens is 456 g/mol. The van der Waals surface area contributed by atoms with Crippen LogP contribution in [0.4, 0.5) is 5.69 Å². The van der Waals surface area contributed by atoms with Gasteiger partial charge in [0.05, 0.1) is 10.6 Å². The van der Waals surface area contributed by atoms with Crippen LogP contribution < -0.4 is 9.62 Å². The lowest BCUT2D eigenvalue weighted by molar-refractivity contribution is -0.120. The second-order valence-electron chi connectivity index (χ2n) is 8.73. The highest BCUT2D eigenvalue weighted by atomic mass is 35.5. The summed E-state index contributed by atoms with van der Waals surface area (Å²) in [5.74, 6) is -0.383. The number of rotatable bonds is 9. The molecule has 0 aliphatic carbocycles. The highest BCUT2D eigenvalue weighted by Gasteiger charge is 2.29. The van der Waals surface area contributed by atoms with Crippen LogP contribution in [0.5, 0.6) is 0 Å². The van der Waals surface area contributed by atoms with Crippen LogP contribution in [0.25, 0.3) is 0 Å². The minimum absolute atomic E-state index is 0.107. The van der Waals surface area contributed by atoms with Crippen molar-refractivity contribution in [1.29, 1.82) is 0 Å². The van der Waals surface area contributed by atoms with E-state index < -0.39 is 10.0 Å². The number of amides is 1. The Morgan fingerprint density at radius 3 is 2.18 bits per heavy atom. The van der Waals surface area contributed by atoms with E-state index in [0.717, 1.165) is 4.31 Å². The van der Waals surface area contributed by atoms with Gasteiger partial charge in [-0.1, -0.05) is 80.0 Å². The number of hydrogen-bond donors (Lipinski definition) is 1. The van der Waals surface area contributed by atoms with Crippen molar-refractivity contribution in [3.63, 3.8) is 0 Å². The summed E-state index contributed by atoms with van der Waals surface area (Å²) in [6.07, 6.45) is 0.700. The van der Waals surface area contributed by atoms with Gasteiger partial charge in [-0.2, -0.15) is 0 Å². The summed E-state index contributed by atoms with van der Waals surface area (Å²) in [6, 6.07) is 24.5. The van der Waals surface area contributed by atoms with Crippen LogP contribution in [0, 0.1) is 0 Å². The van der Waals surface area contributed by atoms with Crippen molar-refractivity contribution >= 4 is 33.2 Å². The first-order valence-corrected chi connectivity index (χ1v) is 12.6. The van der Waals surface area contributed by atoms with Crippen LogP contribution >= 0.6 is 11.6 Å². The number of sulfonamides is 1. The van der Waals surface area contributed by atoms with Crippen molar-refractivity contribution in [2.24, 2.45) is 0 Å². The average Bonchev–Trinajstić information content (AvgIpc) is 2.78. The SMILES string of the molecule is CC(CC(C)(C)c1ccccc1)NC(=O)CN(c1cccc(Cl)c1)S(=O)(=O)c1ccccc1. The number of carbonyl (C=O) groups excluding carboxylic acids is 1. The highest BCUT2D eigenvalue weighted by Crippen LogP contribution is 2.29. The van der Waals surface area contributed by atoms with Crippen molar-refractivity contribution < 1.29 is 13.2 Å². The van der Waals surface area contributed by atoms with Gasteiger partial charge in [0.1, 0.15) is 6.54 Å². The molecule has 0 spiro atoms. The zero-order chi connectivity index (χ0) is 24.1. The molecule has 0 aromatic heterocycles. The minimum Gasteiger partial charge on any atom is -0.352 e. The molecular formula is C26H29ClN2O3S. The molecule has 1 N–H and O–H groups in total. The lowest BCUT2D eigenvalue weighted by Crippen LogP contribution is -2.45. The second kappa shape index (κ2) is 10.4. The summed E-state index contributed by atoms with van der Waals surface area (Å²) in [6.45, 7) is 5.83. The Hall–Kier alpha value is -2.83. The fraction of sp³-hybridized carbons (Fsp3) is 0.269. The molecule has 0 heterocycles. The van der Waals surface area contributed by atoms with Crippen molar-refractivity contribution in [2.75, 3.05) is 10.8 Å². The van der Waals surface area contributed by atoms with E-state index in [0.29, 0.717) is 17.1 Å². The van der Waals surface area contributed by atoms with Crippen LogP contribution in [-0.2, 0) is 20.2 Å². The van der Waals surface area contributed by atoms with Gasteiger partial charge >= 0.3 is 0 Å². The summed E-state index contributed by atoms with van der Waals surface area (Å²) in [5, 5.41) is 3.35. The summed E-state index contributed by atoms with van der Waals surface area (Å²) in [7, 11) is -3.97. The fourth-order valence-electron chi connectivity index (χ4n) is 3.94. The summed E-state index contributed by atoms with van der Waals surface area (Å²) < 4.78 is 27.9. The molecule has 0 bridgehead atoms. The third kappa shape index (κ3) is 6.36. The summed E-state index contributed by atoms with van der Waals surface area (Å²) in [4.78, 5) is 13.1. The maximum Gasteiger partial charge on any atom is 0.264 e. The van der Waals surface area contributed by atoms with Crippen LogP contribution in [0.2, 0.25) is 5.02 Å². The fourth-order valence-corrected chi connectivity index (χ4v) is 5.56. The van der Waals surface area contributed by atoms with Crippen molar-refractivity contribution in [1.82, 2.24) is 5.32 Å². The average molecular weight is 485 g/mol. The molecule has 1 atom stereocenters. The number of hydrogen-bond acceptors (Lipinski definition) is 3. The largest absolute Gasteiger partial charge is 0.352 e. The molecule has 3 rings (SSSR count). The predicted octanol–water partition coefficient (Wildman–Crippen LogP) is 5.41. The second-order valence-corrected chi connectivity index (χ2v) is 11.0. The van der Waals surface area contributed by atoms with E-state index in [2.05, 4.69) is 31.3 Å². The zero-order valence-electron chi connectivity index (χ0n) is 19.0. The van der Waals surface area contributed by atoms with Gasteiger partial charge in [0.15, 0.2) is 0 Å². The van der Waals surface area contributed by atoms with Crippen LogP contribution in [0.1, 0.15) is 32.8 Å². The molecule has 0 aliphatic heterocycles. The Morgan fingerprint density at radius 1 is 0.970 bits per heavy atom. The monoisotopic (exact) mass is 484 g/mol. The number of nitrogens with one attached hydrogen (secondary N) is 1. The van der Waals surface area contributed by atoms with Gasteiger partial charge in [0, 0.05) is 11.1 Å². The van der Waals surface area contributed by atoms with E-state index in [4.69, 9.17) is 11.6 Å². The molecule has 33 heavy (non-hydrogen) atoms. The Balaban J connectivity index is 1.79. The Kier molecular flexibility index (Phi) is 7.82. The molecule has 7 heteroatoms. The van der Waals surface area contributed by atoms with Gasteiger partial charge in [0.2, 0.25) is 5.91 Å². The number of nitrogens with zero attached hydrogens (tertiary/aromatic N) is 1. The maximum absolute atomic E-state index is 13.4. The summed E-state index contributed by atoms with van der Waals surface area (Å²) >= 11 is 6.11. The molecule has 3 aromatic carbocycles. The van der Waals surface area contributed by atoms with E-state index in [1.54, 1.807) is 36.4 Å². The molecule has 0 fully saturated rings. The number of halogens is 1. The van der Waals surface area contributed by atoms with Crippen LogP contribution in [-0.4, -0.2) is 26.9 Å². The quantitative estimate of drug-likeness (QED) is 0.441. The van der Waals surface area contributed by atoms with Gasteiger partial charge in [-0.3, -0.25) is 9.10 Å². The van der Waals surface area contributed by atoms with Crippen LogP contribution in [0.3, 0.4) is 0 Å². The standard InChI is InChI=1S/C26H29ClN2O3S/c1-20(18-26(2,3)21-11-6-4-7-12-21)28-25(30)19-29(23-14-10-13-22(27)17-23)33(31,32)24-15-8-5-9-16-24/h4-17,20H,18-19H2,1-3H3,(H,28,30). The number of benzene rings is 3. The van der Waals surface area contributed by atoms with E-state index in [1.165, 1.54) is 23.8 Å². The van der Waals surface area contributed by atoms with Gasteiger partial charge in [0.25, 0.3) is 10.0 Å². The Morgan fingerprint density at radius 2 is 1.58 bits per heavy atom. The number of carbonyl (C=O) groups is 1. The van der Waals surface area contributed by atoms with Gasteiger partial charge in [-0.25, -0.2) is 8.42 Å². The van der Waals surface area contributed by atoms with Crippen LogP contribution in [0.15, 0.2) is 89.8 Å². The van der Waals surface area contributed by atoms with Gasteiger partial charge < -0.3 is 5.32 Å². The summed E-state index contributed by atoms with van der Waals surface area (Å²) in [5.41, 5.74) is 1.36. The molecule has 5 nitrogen and oxygen atoms in total. The van der Waals surface area contributed by atoms with Crippen molar-refractivity contribution in [2.45, 2.75) is 43.5 Å². The molecule has 3 aromatic rings. The first-order valence-electron chi connectivity index (χ1n) is 10.8. The van der Waals surface area contributed by atoms with E-state index in [-0.39, 0.29) is 28.8 Å². The zero-order valence-corrected chi connectivity index (χ0v) is 20.6. The van der Waals surface area contributed by atoms with Crippen molar-refractivity contribution in [3.8, 4) is 0 Å². The topological polar surface area (TPSA) is 66.5 Å². The Bertz CT molecular complexity index is 1180. The number of anilines is 1. The molecule has 0 aliphatic rings. The minimum atomic E-state index is -3.97. The first-order chi connectivity index (χ1) is 15.6. The van der Waals surface area contributed by atoms with E-state index in [9.17, 15) is 13.2 Å². The van der Waals surface area contributed by atoms with Gasteiger partial charge in [-0.15, -0.1) is 0 Å². The molecule has 0 radical (unpaired) electrons. The van der Waals surface area contributed by atoms with Crippen molar-refractivity contribution in [3.05, 3.63) is 95.5 Å². The molecule has 0 saturated carbocycles. The van der Waals surface area contributed by atoms with E-state index >= 15 is 0 Å². The highest BCUT2D eigenvalue weighted by molar-refractivity contribution is 7.92. The lowest BCUT2D eigenvalue weighted by atomic mass is 9.79. The van der Waals surface area contributed by atoms with E-state index in [1.807, 2.05) is 25.1 Å². The van der Waals surface area contributed by atoms with Gasteiger partial charge in [-0.05, 0) is 54.7 Å². The maximum atomic E-state index is 13.4. The predicted molar refractivity (Wildman–Crippen MR) is 134 cm³/mol. The third-order valence-corrected chi connectivity index (χ3v) is 7.52. The molecule has 1 amide bonds. The smallest absolute Gasteiger partial charge is 0.264 e.